The number of phenols is 1. The van der Waals surface area contributed by atoms with Crippen molar-refractivity contribution >= 4 is 18.0 Å². The van der Waals surface area contributed by atoms with Crippen LogP contribution in [-0.2, 0) is 25.5 Å². The van der Waals surface area contributed by atoms with Crippen molar-refractivity contribution in [3.8, 4) is 17.2 Å². The molecule has 0 radical (unpaired) electrons. The van der Waals surface area contributed by atoms with E-state index in [0.29, 0.717) is 49.0 Å². The van der Waals surface area contributed by atoms with Gasteiger partial charge in [-0.15, -0.1) is 0 Å². The van der Waals surface area contributed by atoms with Crippen LogP contribution in [0.2, 0.25) is 0 Å². The fourth-order valence-corrected chi connectivity index (χ4v) is 9.51. The van der Waals surface area contributed by atoms with Gasteiger partial charge in [0, 0.05) is 34.5 Å². The van der Waals surface area contributed by atoms with E-state index in [1.807, 2.05) is 47.6 Å². The molecule has 3 aliphatic heterocycles. The second-order valence-corrected chi connectivity index (χ2v) is 15.4. The van der Waals surface area contributed by atoms with Crippen molar-refractivity contribution in [3.05, 3.63) is 64.3 Å². The maximum absolute atomic E-state index is 15.0. The number of allylic oxidation sites excluding steroid dienone is 4. The molecule has 6 bridgehead atoms. The molecule has 7 aliphatic rings. The van der Waals surface area contributed by atoms with E-state index in [4.69, 9.17) is 18.9 Å². The number of carbonyl (C=O) groups excluding carboxylic acids is 3. The molecule has 9 heteroatoms. The Morgan fingerprint density at radius 1 is 1.17 bits per heavy atom. The van der Waals surface area contributed by atoms with Gasteiger partial charge in [-0.3, -0.25) is 14.4 Å². The summed E-state index contributed by atoms with van der Waals surface area (Å²) in [5, 5.41) is 23.9. The van der Waals surface area contributed by atoms with E-state index in [9.17, 15) is 24.6 Å². The number of ketones is 2. The minimum absolute atomic E-state index is 0.0113. The van der Waals surface area contributed by atoms with Crippen LogP contribution < -0.4 is 9.47 Å². The molecular formula is C38H44O9. The number of Topliss-reactive ketones (excluding diaryl/α,β-unsaturated/α-hetero) is 2. The lowest BCUT2D eigenvalue weighted by atomic mass is 9.51. The van der Waals surface area contributed by atoms with Gasteiger partial charge in [0.2, 0.25) is 0 Å². The highest BCUT2D eigenvalue weighted by atomic mass is 16.6. The summed E-state index contributed by atoms with van der Waals surface area (Å²) in [5.74, 6) is -2.05. The van der Waals surface area contributed by atoms with Crippen LogP contribution in [0.3, 0.4) is 0 Å². The quantitative estimate of drug-likeness (QED) is 0.288. The topological polar surface area (TPSA) is 129 Å². The van der Waals surface area contributed by atoms with Gasteiger partial charge in [-0.2, -0.15) is 0 Å². The maximum Gasteiger partial charge on any atom is 0.293 e. The number of aliphatic hydroxyl groups excluding tert-OH is 1. The third-order valence-corrected chi connectivity index (χ3v) is 11.8. The van der Waals surface area contributed by atoms with Crippen LogP contribution in [0.1, 0.15) is 95.1 Å². The molecule has 1 spiro atoms. The summed E-state index contributed by atoms with van der Waals surface area (Å²) in [4.78, 5) is 40.4. The summed E-state index contributed by atoms with van der Waals surface area (Å²) in [7, 11) is 0. The second kappa shape index (κ2) is 10.2. The number of fused-ring (bicyclic) bond motifs is 5. The molecule has 9 atom stereocenters. The van der Waals surface area contributed by atoms with E-state index in [1.165, 1.54) is 0 Å². The Balaban J connectivity index is 1.53. The van der Waals surface area contributed by atoms with Gasteiger partial charge in [-0.25, -0.2) is 0 Å². The zero-order chi connectivity index (χ0) is 34.0. The number of hydrogen-bond donors (Lipinski definition) is 2. The van der Waals surface area contributed by atoms with Crippen molar-refractivity contribution < 1.29 is 43.5 Å². The predicted molar refractivity (Wildman–Crippen MR) is 173 cm³/mol. The first-order valence-electron chi connectivity index (χ1n) is 16.6. The molecule has 1 aromatic rings. The summed E-state index contributed by atoms with van der Waals surface area (Å²) in [6, 6.07) is 0. The minimum atomic E-state index is -1.69. The molecule has 0 amide bonds. The van der Waals surface area contributed by atoms with Gasteiger partial charge in [0.15, 0.2) is 22.8 Å². The second-order valence-electron chi connectivity index (χ2n) is 15.4. The molecule has 8 rings (SSSR count). The molecule has 0 aromatic heterocycles. The van der Waals surface area contributed by atoms with Crippen molar-refractivity contribution in [2.45, 2.75) is 115 Å². The fraction of sp³-hybridized carbons (Fsp3) is 0.553. The molecular weight excluding hydrogens is 600 g/mol. The van der Waals surface area contributed by atoms with Crippen molar-refractivity contribution in [2.24, 2.45) is 17.8 Å². The fourth-order valence-electron chi connectivity index (χ4n) is 9.51. The number of ether oxygens (including phenoxy) is 4. The Bertz CT molecular complexity index is 1730. The first-order valence-corrected chi connectivity index (χ1v) is 16.6. The van der Waals surface area contributed by atoms with Gasteiger partial charge in [-0.05, 0) is 92.2 Å². The molecule has 3 fully saturated rings. The lowest BCUT2D eigenvalue weighted by Gasteiger charge is -2.56. The summed E-state index contributed by atoms with van der Waals surface area (Å²) in [6.45, 7) is 17.8. The van der Waals surface area contributed by atoms with Crippen molar-refractivity contribution in [3.63, 3.8) is 0 Å². The van der Waals surface area contributed by atoms with Gasteiger partial charge in [0.05, 0.1) is 5.60 Å². The van der Waals surface area contributed by atoms with Gasteiger partial charge in [-0.1, -0.05) is 29.9 Å². The molecule has 1 saturated heterocycles. The molecule has 2 N–H and O–H groups in total. The van der Waals surface area contributed by atoms with Crippen molar-refractivity contribution in [1.29, 1.82) is 0 Å². The lowest BCUT2D eigenvalue weighted by Crippen LogP contribution is -2.71. The maximum atomic E-state index is 15.0. The Labute approximate surface area is 275 Å². The summed E-state index contributed by atoms with van der Waals surface area (Å²) in [6.07, 6.45) is 7.35. The van der Waals surface area contributed by atoms with E-state index in [2.05, 4.69) is 6.58 Å². The van der Waals surface area contributed by atoms with Gasteiger partial charge in [0.1, 0.15) is 40.6 Å². The number of rotatable bonds is 7. The Kier molecular flexibility index (Phi) is 6.89. The molecule has 4 aliphatic carbocycles. The van der Waals surface area contributed by atoms with Crippen LogP contribution >= 0.6 is 0 Å². The monoisotopic (exact) mass is 644 g/mol. The first-order chi connectivity index (χ1) is 22.0. The van der Waals surface area contributed by atoms with Crippen LogP contribution in [0, 0.1) is 17.8 Å². The summed E-state index contributed by atoms with van der Waals surface area (Å²) < 4.78 is 25.7. The smallest absolute Gasteiger partial charge is 0.293 e. The molecule has 2 saturated carbocycles. The lowest BCUT2D eigenvalue weighted by molar-refractivity contribution is -0.160. The molecule has 9 nitrogen and oxygen atoms in total. The third kappa shape index (κ3) is 3.99. The number of benzene rings is 1. The average Bonchev–Trinajstić information content (AvgIpc) is 3.14. The van der Waals surface area contributed by atoms with Gasteiger partial charge in [0.25, 0.3) is 6.47 Å². The zero-order valence-electron chi connectivity index (χ0n) is 28.1. The van der Waals surface area contributed by atoms with E-state index in [0.717, 1.165) is 11.1 Å². The number of aromatic hydroxyl groups is 1. The number of hydrogen-bond acceptors (Lipinski definition) is 9. The Morgan fingerprint density at radius 2 is 1.89 bits per heavy atom. The molecule has 1 aromatic carbocycles. The van der Waals surface area contributed by atoms with Crippen molar-refractivity contribution in [1.82, 2.24) is 0 Å². The van der Waals surface area contributed by atoms with Crippen LogP contribution in [0.15, 0.2) is 47.6 Å². The van der Waals surface area contributed by atoms with Crippen molar-refractivity contribution in [2.75, 3.05) is 0 Å². The normalized spacial score (nSPS) is 37.5. The standard InChI is InChI=1S/C38H44O9/c1-18(2)9-10-23-31-27(26-22(19(3)4)12-13-36(8,45-31)34(26)43)30(41)28-29(40)24-15-21-16-25-35(6,7)47-37(33(21)42,14-11-20(5)44-17-39)38(24,25)46-32(23)28/h9,11,14-15,17,20-22,25-26,34,41,43H,3,10,12-13,16H2,1-2,4-8H3/b14-11+/t20?,21?,22?,25?,26-,34?,36-,37?,38-/m1/s1. The largest absolute Gasteiger partial charge is 0.507 e. The van der Waals surface area contributed by atoms with E-state index in [1.54, 1.807) is 25.2 Å². The summed E-state index contributed by atoms with van der Waals surface area (Å²) >= 11 is 0. The highest BCUT2D eigenvalue weighted by molar-refractivity contribution is 6.19. The van der Waals surface area contributed by atoms with Crippen LogP contribution in [0.4, 0.5) is 0 Å². The third-order valence-electron chi connectivity index (χ3n) is 11.8. The molecule has 3 heterocycles. The van der Waals surface area contributed by atoms with Crippen LogP contribution in [0.25, 0.3) is 0 Å². The zero-order valence-corrected chi connectivity index (χ0v) is 28.1. The summed E-state index contributed by atoms with van der Waals surface area (Å²) in [5.41, 5.74) is -1.86. The Hall–Kier alpha value is -3.69. The van der Waals surface area contributed by atoms with E-state index < -0.39 is 58.1 Å². The number of carbonyl (C=O) groups is 3. The minimum Gasteiger partial charge on any atom is -0.507 e. The van der Waals surface area contributed by atoms with Gasteiger partial charge < -0.3 is 29.2 Å². The SMILES string of the molecule is C=C(C)C1CC[C@@]2(C)Oc3c(CC=C(C)C)c4c(c(O)c3[C@@H]1C2O)C(=O)C1=CC2CC3C(C)(C)OC(/C=C/C(C)OC=O)(C2=O)[C@@]13O4. The predicted octanol–water partition coefficient (Wildman–Crippen LogP) is 5.61. The van der Waals surface area contributed by atoms with Gasteiger partial charge >= 0.3 is 0 Å². The molecule has 47 heavy (non-hydrogen) atoms. The molecule has 250 valence electrons. The number of phenolic OH excluding ortho intramolecular Hbond substituents is 1. The average molecular weight is 645 g/mol. The van der Waals surface area contributed by atoms with E-state index >= 15 is 0 Å². The highest BCUT2D eigenvalue weighted by Crippen LogP contribution is 2.69. The van der Waals surface area contributed by atoms with E-state index in [-0.39, 0.29) is 34.3 Å². The number of aliphatic hydroxyl groups is 1. The first kappa shape index (κ1) is 31.9. The highest BCUT2D eigenvalue weighted by Gasteiger charge is 2.81. The Morgan fingerprint density at radius 3 is 2.55 bits per heavy atom. The molecule has 6 unspecified atom stereocenters. The van der Waals surface area contributed by atoms with Crippen LogP contribution in [0.5, 0.6) is 17.2 Å². The van der Waals surface area contributed by atoms with Crippen LogP contribution in [-0.4, -0.2) is 62.9 Å².